The van der Waals surface area contributed by atoms with Crippen molar-refractivity contribution < 1.29 is 8.42 Å². The Balaban J connectivity index is 1.13. The first kappa shape index (κ1) is 21.7. The van der Waals surface area contributed by atoms with Crippen LogP contribution in [0.15, 0.2) is 34.7 Å². The summed E-state index contributed by atoms with van der Waals surface area (Å²) in [6, 6.07) is 2.41. The summed E-state index contributed by atoms with van der Waals surface area (Å²) in [5.41, 5.74) is 0.0802. The van der Waals surface area contributed by atoms with Crippen molar-refractivity contribution in [1.29, 1.82) is 5.26 Å². The molecule has 1 spiro atoms. The van der Waals surface area contributed by atoms with E-state index in [9.17, 15) is 13.7 Å². The molecule has 5 heterocycles. The highest BCUT2D eigenvalue weighted by Crippen LogP contribution is 2.69. The van der Waals surface area contributed by atoms with Crippen LogP contribution in [0.25, 0.3) is 0 Å². The summed E-state index contributed by atoms with van der Waals surface area (Å²) in [6.45, 7) is 2.34. The number of nitrogens with zero attached hydrogens (tertiary/aromatic N) is 7. The monoisotopic (exact) mass is 494 g/mol. The normalized spacial score (nSPS) is 40.0. The largest absolute Gasteiger partial charge is 0.350 e. The lowest BCUT2D eigenvalue weighted by molar-refractivity contribution is 0.235. The molecule has 5 atom stereocenters. The summed E-state index contributed by atoms with van der Waals surface area (Å²) < 4.78 is 31.8. The zero-order chi connectivity index (χ0) is 23.9. The van der Waals surface area contributed by atoms with E-state index in [-0.39, 0.29) is 22.8 Å². The topological polar surface area (TPSA) is 119 Å². The second-order valence-electron chi connectivity index (χ2n) is 11.2. The van der Waals surface area contributed by atoms with Gasteiger partial charge in [0, 0.05) is 37.9 Å². The third kappa shape index (κ3) is 2.87. The highest BCUT2D eigenvalue weighted by molar-refractivity contribution is 7.86. The van der Waals surface area contributed by atoms with Gasteiger partial charge in [0.1, 0.15) is 17.7 Å². The minimum atomic E-state index is -3.40. The molecule has 1 aromatic rings. The molecule has 2 aliphatic carbocycles. The van der Waals surface area contributed by atoms with Crippen LogP contribution >= 0.6 is 0 Å². The van der Waals surface area contributed by atoms with Crippen molar-refractivity contribution in [3.05, 3.63) is 30.2 Å². The maximum atomic E-state index is 13.2. The molecular formula is C24H30N8O2S. The minimum absolute atomic E-state index is 0.201. The lowest BCUT2D eigenvalue weighted by Crippen LogP contribution is -2.46. The highest BCUT2D eigenvalue weighted by Gasteiger charge is 2.73. The summed E-state index contributed by atoms with van der Waals surface area (Å²) in [4.78, 5) is 9.21. The lowest BCUT2D eigenvalue weighted by Gasteiger charge is -2.32. The van der Waals surface area contributed by atoms with Crippen molar-refractivity contribution in [2.24, 2.45) is 27.2 Å². The van der Waals surface area contributed by atoms with Gasteiger partial charge in [-0.15, -0.1) is 0 Å². The molecule has 0 bridgehead atoms. The van der Waals surface area contributed by atoms with Gasteiger partial charge in [0.15, 0.2) is 0 Å². The maximum absolute atomic E-state index is 13.2. The van der Waals surface area contributed by atoms with Gasteiger partial charge in [-0.05, 0) is 50.1 Å². The molecule has 184 valence electrons. The van der Waals surface area contributed by atoms with Gasteiger partial charge in [-0.25, -0.2) is 4.99 Å². The second kappa shape index (κ2) is 7.24. The number of hydrogen-bond donors (Lipinski definition) is 1. The number of piperidine rings is 1. The van der Waals surface area contributed by atoms with Crippen molar-refractivity contribution in [2.45, 2.75) is 56.0 Å². The molecule has 4 aliphatic heterocycles. The van der Waals surface area contributed by atoms with Crippen molar-refractivity contribution in [1.82, 2.24) is 23.7 Å². The number of nitriles is 1. The van der Waals surface area contributed by atoms with E-state index in [4.69, 9.17) is 10.1 Å². The van der Waals surface area contributed by atoms with E-state index < -0.39 is 15.7 Å². The van der Waals surface area contributed by atoms with Gasteiger partial charge in [-0.2, -0.15) is 27.4 Å². The summed E-state index contributed by atoms with van der Waals surface area (Å²) in [6.07, 6.45) is 15.5. The number of aromatic nitrogens is 2. The average molecular weight is 495 g/mol. The molecule has 0 radical (unpaired) electrons. The van der Waals surface area contributed by atoms with Crippen LogP contribution < -0.4 is 5.32 Å². The molecule has 2 saturated carbocycles. The van der Waals surface area contributed by atoms with Crippen molar-refractivity contribution >= 4 is 22.4 Å². The number of rotatable bonds is 5. The Morgan fingerprint density at radius 3 is 2.66 bits per heavy atom. The van der Waals surface area contributed by atoms with Crippen molar-refractivity contribution in [3.63, 3.8) is 0 Å². The third-order valence-corrected chi connectivity index (χ3v) is 11.3. The number of amidine groups is 1. The maximum Gasteiger partial charge on any atom is 0.281 e. The Kier molecular flexibility index (Phi) is 4.49. The first-order chi connectivity index (χ1) is 16.9. The fraction of sp³-hybridized carbons (Fsp3) is 0.667. The summed E-state index contributed by atoms with van der Waals surface area (Å²) in [5, 5.41) is 17.8. The average Bonchev–Trinajstić information content (AvgIpc) is 3.37. The van der Waals surface area contributed by atoms with Crippen LogP contribution in [-0.2, 0) is 21.3 Å². The van der Waals surface area contributed by atoms with Crippen LogP contribution in [0.1, 0.15) is 50.5 Å². The minimum Gasteiger partial charge on any atom is -0.350 e. The quantitative estimate of drug-likeness (QED) is 0.668. The first-order valence-corrected chi connectivity index (χ1v) is 14.1. The fourth-order valence-corrected chi connectivity index (χ4v) is 9.27. The summed E-state index contributed by atoms with van der Waals surface area (Å²) in [5.74, 6) is 1.43. The SMILES string of the molecule is N#CC[C@]1(n2cc(C34CC35C=CNC5=NC=N4)cn2)C[C@H]2CN(S(=O)(=O)N3CCCCC3)C[C@H]2C1. The Morgan fingerprint density at radius 2 is 1.91 bits per heavy atom. The van der Waals surface area contributed by atoms with Crippen LogP contribution in [0.2, 0.25) is 0 Å². The van der Waals surface area contributed by atoms with Gasteiger partial charge in [-0.1, -0.05) is 12.5 Å². The second-order valence-corrected chi connectivity index (χ2v) is 13.1. The molecule has 35 heavy (non-hydrogen) atoms. The van der Waals surface area contributed by atoms with Crippen LogP contribution in [0.4, 0.5) is 0 Å². The van der Waals surface area contributed by atoms with Crippen LogP contribution in [0.5, 0.6) is 0 Å². The van der Waals surface area contributed by atoms with Gasteiger partial charge in [-0.3, -0.25) is 9.67 Å². The van der Waals surface area contributed by atoms with Crippen LogP contribution in [0, 0.1) is 28.6 Å². The van der Waals surface area contributed by atoms with Gasteiger partial charge < -0.3 is 5.32 Å². The molecule has 2 saturated heterocycles. The smallest absolute Gasteiger partial charge is 0.281 e. The zero-order valence-electron chi connectivity index (χ0n) is 19.7. The highest BCUT2D eigenvalue weighted by atomic mass is 32.2. The molecule has 6 aliphatic rings. The van der Waals surface area contributed by atoms with Gasteiger partial charge in [0.2, 0.25) is 0 Å². The Morgan fingerprint density at radius 1 is 1.14 bits per heavy atom. The molecule has 10 nitrogen and oxygen atoms in total. The van der Waals surface area contributed by atoms with E-state index in [1.165, 1.54) is 0 Å². The lowest BCUT2D eigenvalue weighted by atomic mass is 9.91. The molecule has 11 heteroatoms. The van der Waals surface area contributed by atoms with Crippen molar-refractivity contribution in [3.8, 4) is 6.07 Å². The van der Waals surface area contributed by atoms with Gasteiger partial charge >= 0.3 is 0 Å². The Hall–Kier alpha value is -2.55. The predicted octanol–water partition coefficient (Wildman–Crippen LogP) is 1.71. The first-order valence-electron chi connectivity index (χ1n) is 12.7. The third-order valence-electron chi connectivity index (χ3n) is 9.37. The molecule has 1 N–H and O–H groups in total. The van der Waals surface area contributed by atoms with E-state index in [1.807, 2.05) is 17.1 Å². The van der Waals surface area contributed by atoms with E-state index in [1.54, 1.807) is 14.9 Å². The molecular weight excluding hydrogens is 464 g/mol. The summed E-state index contributed by atoms with van der Waals surface area (Å²) >= 11 is 0. The molecule has 4 fully saturated rings. The van der Waals surface area contributed by atoms with Crippen LogP contribution in [-0.4, -0.2) is 65.2 Å². The Labute approximate surface area is 205 Å². The molecule has 1 aromatic heterocycles. The van der Waals surface area contributed by atoms with Crippen LogP contribution in [0.3, 0.4) is 0 Å². The van der Waals surface area contributed by atoms with E-state index >= 15 is 0 Å². The molecule has 0 amide bonds. The number of nitrogens with one attached hydrogen (secondary N) is 1. The molecule has 2 unspecified atom stereocenters. The van der Waals surface area contributed by atoms with E-state index in [2.05, 4.69) is 28.7 Å². The van der Waals surface area contributed by atoms with Gasteiger partial charge in [0.05, 0.1) is 29.6 Å². The molecule has 0 aromatic carbocycles. The zero-order valence-corrected chi connectivity index (χ0v) is 20.5. The molecule has 7 rings (SSSR count). The van der Waals surface area contributed by atoms with Crippen molar-refractivity contribution in [2.75, 3.05) is 26.2 Å². The number of fused-ring (bicyclic) bond motifs is 1. The number of aliphatic imine (C=N–C) groups is 2. The summed E-state index contributed by atoms with van der Waals surface area (Å²) in [7, 11) is -3.40. The Bertz CT molecular complexity index is 1290. The predicted molar refractivity (Wildman–Crippen MR) is 129 cm³/mol. The van der Waals surface area contributed by atoms with E-state index in [0.29, 0.717) is 32.6 Å². The van der Waals surface area contributed by atoms with E-state index in [0.717, 1.165) is 49.9 Å². The number of hydrogen-bond acceptors (Lipinski definition) is 7. The standard InChI is InChI=1S/C24H30N8O2S/c25-6-4-22(10-18-13-31(14-19(18)11-22)35(33,34)30-8-2-1-3-9-30)32-15-20(12-29-32)24-16-23(24)5-7-26-21(23)27-17-28-24/h5,7,12,15,17-19H,1-4,8-11,13-14,16H2,(H,26,27,28)/t18-,19+,22-,23?,24?. The van der Waals surface area contributed by atoms with Gasteiger partial charge in [0.25, 0.3) is 10.2 Å². The fourth-order valence-electron chi connectivity index (χ4n) is 7.46.